The van der Waals surface area contributed by atoms with Gasteiger partial charge in [0.15, 0.2) is 0 Å². The van der Waals surface area contributed by atoms with Crippen LogP contribution in [0, 0.1) is 19.7 Å². The first kappa shape index (κ1) is 20.8. The Morgan fingerprint density at radius 3 is 2.45 bits per heavy atom. The minimum Gasteiger partial charge on any atom is -0.353 e. The largest absolute Gasteiger partial charge is 0.353 e. The van der Waals surface area contributed by atoms with E-state index in [9.17, 15) is 9.18 Å². The number of halogens is 1. The second-order valence-corrected chi connectivity index (χ2v) is 7.74. The summed E-state index contributed by atoms with van der Waals surface area (Å²) >= 11 is 0. The Labute approximate surface area is 181 Å². The van der Waals surface area contributed by atoms with Crippen LogP contribution in [0.5, 0.6) is 0 Å². The predicted octanol–water partition coefficient (Wildman–Crippen LogP) is 4.18. The number of benzene rings is 2. The quantitative estimate of drug-likeness (QED) is 0.689. The lowest BCUT2D eigenvalue weighted by Crippen LogP contribution is -2.50. The minimum atomic E-state index is -0.247. The molecule has 0 unspecified atom stereocenters. The van der Waals surface area contributed by atoms with E-state index in [1.165, 1.54) is 6.07 Å². The molecule has 0 bridgehead atoms. The summed E-state index contributed by atoms with van der Waals surface area (Å²) in [5, 5.41) is 2.94. The summed E-state index contributed by atoms with van der Waals surface area (Å²) in [6, 6.07) is 16.0. The topological polar surface area (TPSA) is 61.4 Å². The van der Waals surface area contributed by atoms with Crippen LogP contribution in [-0.2, 0) is 6.42 Å². The maximum atomic E-state index is 13.7. The van der Waals surface area contributed by atoms with Crippen LogP contribution in [-0.4, -0.2) is 47.1 Å². The molecule has 6 nitrogen and oxygen atoms in total. The summed E-state index contributed by atoms with van der Waals surface area (Å²) in [4.78, 5) is 25.9. The van der Waals surface area contributed by atoms with E-state index in [0.29, 0.717) is 38.4 Å². The SMILES string of the molecule is Cc1nc(C)c(Cc2cccc(F)c2)c(N2CCN(C(=O)Nc3ccccc3)CC2)n1. The Balaban J connectivity index is 1.48. The van der Waals surface area contributed by atoms with Crippen molar-refractivity contribution < 1.29 is 9.18 Å². The van der Waals surface area contributed by atoms with Crippen molar-refractivity contribution in [1.29, 1.82) is 0 Å². The summed E-state index contributed by atoms with van der Waals surface area (Å²) in [7, 11) is 0. The number of aromatic nitrogens is 2. The number of carbonyl (C=O) groups is 1. The lowest BCUT2D eigenvalue weighted by Gasteiger charge is -2.36. The number of anilines is 2. The van der Waals surface area contributed by atoms with Gasteiger partial charge in [-0.25, -0.2) is 19.2 Å². The van der Waals surface area contributed by atoms with Gasteiger partial charge in [0, 0.05) is 49.5 Å². The summed E-state index contributed by atoms with van der Waals surface area (Å²) in [5.74, 6) is 1.33. The average Bonchev–Trinajstić information content (AvgIpc) is 2.76. The molecule has 0 radical (unpaired) electrons. The highest BCUT2D eigenvalue weighted by Gasteiger charge is 2.25. The highest BCUT2D eigenvalue weighted by atomic mass is 19.1. The van der Waals surface area contributed by atoms with Gasteiger partial charge in [-0.15, -0.1) is 0 Å². The van der Waals surface area contributed by atoms with Crippen molar-refractivity contribution in [3.05, 3.63) is 83.1 Å². The van der Waals surface area contributed by atoms with Crippen molar-refractivity contribution in [3.8, 4) is 0 Å². The lowest BCUT2D eigenvalue weighted by molar-refractivity contribution is 0.208. The van der Waals surface area contributed by atoms with E-state index < -0.39 is 0 Å². The van der Waals surface area contributed by atoms with E-state index in [-0.39, 0.29) is 11.8 Å². The fourth-order valence-electron chi connectivity index (χ4n) is 3.88. The van der Waals surface area contributed by atoms with E-state index in [1.54, 1.807) is 12.1 Å². The number of amides is 2. The van der Waals surface area contributed by atoms with Crippen molar-refractivity contribution >= 4 is 17.5 Å². The van der Waals surface area contributed by atoms with Crippen molar-refractivity contribution in [2.24, 2.45) is 0 Å². The van der Waals surface area contributed by atoms with Crippen LogP contribution in [0.4, 0.5) is 20.7 Å². The number of hydrogen-bond donors (Lipinski definition) is 1. The fourth-order valence-corrected chi connectivity index (χ4v) is 3.88. The molecule has 4 rings (SSSR count). The number of carbonyl (C=O) groups excluding carboxylic acids is 1. The number of nitrogens with zero attached hydrogens (tertiary/aromatic N) is 4. The van der Waals surface area contributed by atoms with E-state index in [4.69, 9.17) is 4.98 Å². The molecule has 3 aromatic rings. The standard InChI is InChI=1S/C24H26FN5O/c1-17-22(16-19-7-6-8-20(25)15-19)23(27-18(2)26-17)29-11-13-30(14-12-29)24(31)28-21-9-4-3-5-10-21/h3-10,15H,11-14,16H2,1-2H3,(H,28,31). The Hall–Kier alpha value is -3.48. The third-order valence-corrected chi connectivity index (χ3v) is 5.47. The number of nitrogens with one attached hydrogen (secondary N) is 1. The van der Waals surface area contributed by atoms with Gasteiger partial charge in [0.2, 0.25) is 0 Å². The maximum Gasteiger partial charge on any atom is 0.321 e. The second-order valence-electron chi connectivity index (χ2n) is 7.74. The van der Waals surface area contributed by atoms with Crippen LogP contribution in [0.3, 0.4) is 0 Å². The third-order valence-electron chi connectivity index (χ3n) is 5.47. The molecule has 0 aliphatic carbocycles. The summed E-state index contributed by atoms with van der Waals surface area (Å²) < 4.78 is 13.7. The van der Waals surface area contributed by atoms with Gasteiger partial charge in [-0.05, 0) is 43.7 Å². The molecule has 1 aliphatic heterocycles. The number of urea groups is 1. The fraction of sp³-hybridized carbons (Fsp3) is 0.292. The second kappa shape index (κ2) is 9.12. The molecule has 0 atom stereocenters. The average molecular weight is 420 g/mol. The van der Waals surface area contributed by atoms with Crippen LogP contribution >= 0.6 is 0 Å². The molecule has 1 fully saturated rings. The molecule has 1 aromatic heterocycles. The van der Waals surface area contributed by atoms with Crippen molar-refractivity contribution in [3.63, 3.8) is 0 Å². The molecule has 0 spiro atoms. The van der Waals surface area contributed by atoms with Gasteiger partial charge in [-0.3, -0.25) is 0 Å². The monoisotopic (exact) mass is 419 g/mol. The molecular formula is C24H26FN5O. The van der Waals surface area contributed by atoms with Gasteiger partial charge < -0.3 is 15.1 Å². The van der Waals surface area contributed by atoms with E-state index in [0.717, 1.165) is 28.3 Å². The first-order chi connectivity index (χ1) is 15.0. The normalized spacial score (nSPS) is 13.9. The van der Waals surface area contributed by atoms with Crippen LogP contribution in [0.25, 0.3) is 0 Å². The number of para-hydroxylation sites is 1. The summed E-state index contributed by atoms with van der Waals surface area (Å²) in [5.41, 5.74) is 3.57. The molecule has 1 saturated heterocycles. The molecule has 1 N–H and O–H groups in total. The molecule has 160 valence electrons. The number of hydrogen-bond acceptors (Lipinski definition) is 4. The Morgan fingerprint density at radius 2 is 1.74 bits per heavy atom. The first-order valence-electron chi connectivity index (χ1n) is 10.4. The van der Waals surface area contributed by atoms with E-state index in [1.807, 2.05) is 55.1 Å². The predicted molar refractivity (Wildman–Crippen MR) is 120 cm³/mol. The minimum absolute atomic E-state index is 0.0964. The van der Waals surface area contributed by atoms with E-state index >= 15 is 0 Å². The molecule has 1 aliphatic rings. The summed E-state index contributed by atoms with van der Waals surface area (Å²) in [6.07, 6.45) is 0.563. The number of aryl methyl sites for hydroxylation is 2. The highest BCUT2D eigenvalue weighted by molar-refractivity contribution is 5.89. The summed E-state index contributed by atoms with van der Waals surface area (Å²) in [6.45, 7) is 6.39. The Bertz CT molecular complexity index is 1060. The first-order valence-corrected chi connectivity index (χ1v) is 10.4. The van der Waals surface area contributed by atoms with Gasteiger partial charge >= 0.3 is 6.03 Å². The molecule has 7 heteroatoms. The molecule has 31 heavy (non-hydrogen) atoms. The van der Waals surface area contributed by atoms with Gasteiger partial charge in [0.25, 0.3) is 0 Å². The van der Waals surface area contributed by atoms with Gasteiger partial charge in [-0.1, -0.05) is 30.3 Å². The molecule has 2 heterocycles. The third kappa shape index (κ3) is 4.99. The zero-order chi connectivity index (χ0) is 21.8. The Kier molecular flexibility index (Phi) is 6.11. The van der Waals surface area contributed by atoms with Crippen molar-refractivity contribution in [2.75, 3.05) is 36.4 Å². The number of piperazine rings is 1. The molecule has 2 amide bonds. The van der Waals surface area contributed by atoms with Crippen LogP contribution in [0.15, 0.2) is 54.6 Å². The van der Waals surface area contributed by atoms with Crippen LogP contribution in [0.2, 0.25) is 0 Å². The Morgan fingerprint density at radius 1 is 1.00 bits per heavy atom. The van der Waals surface area contributed by atoms with E-state index in [2.05, 4.69) is 15.2 Å². The zero-order valence-corrected chi connectivity index (χ0v) is 17.8. The van der Waals surface area contributed by atoms with Gasteiger partial charge in [0.1, 0.15) is 17.5 Å². The van der Waals surface area contributed by atoms with Gasteiger partial charge in [0.05, 0.1) is 0 Å². The maximum absolute atomic E-state index is 13.7. The zero-order valence-electron chi connectivity index (χ0n) is 17.8. The van der Waals surface area contributed by atoms with Crippen LogP contribution < -0.4 is 10.2 Å². The van der Waals surface area contributed by atoms with Gasteiger partial charge in [-0.2, -0.15) is 0 Å². The van der Waals surface area contributed by atoms with Crippen LogP contribution in [0.1, 0.15) is 22.6 Å². The van der Waals surface area contributed by atoms with Crippen molar-refractivity contribution in [1.82, 2.24) is 14.9 Å². The molecular weight excluding hydrogens is 393 g/mol. The smallest absolute Gasteiger partial charge is 0.321 e. The molecule has 0 saturated carbocycles. The number of rotatable bonds is 4. The highest BCUT2D eigenvalue weighted by Crippen LogP contribution is 2.25. The van der Waals surface area contributed by atoms with Crippen molar-refractivity contribution in [2.45, 2.75) is 20.3 Å². The lowest BCUT2D eigenvalue weighted by atomic mass is 10.0. The molecule has 2 aromatic carbocycles.